The lowest BCUT2D eigenvalue weighted by molar-refractivity contribution is -0.116. The van der Waals surface area contributed by atoms with Crippen LogP contribution < -0.4 is 4.90 Å². The third-order valence-electron chi connectivity index (χ3n) is 4.11. The van der Waals surface area contributed by atoms with E-state index in [2.05, 4.69) is 31.0 Å². The van der Waals surface area contributed by atoms with Crippen molar-refractivity contribution >= 4 is 23.2 Å². The summed E-state index contributed by atoms with van der Waals surface area (Å²) in [6, 6.07) is 6.27. The van der Waals surface area contributed by atoms with Crippen LogP contribution in [0.15, 0.2) is 18.2 Å². The molecule has 21 heavy (non-hydrogen) atoms. The Morgan fingerprint density at radius 2 is 2.24 bits per heavy atom. The van der Waals surface area contributed by atoms with E-state index >= 15 is 0 Å². The number of rotatable bonds is 6. The van der Waals surface area contributed by atoms with Gasteiger partial charge in [-0.3, -0.25) is 4.79 Å². The molecule has 1 aromatic carbocycles. The van der Waals surface area contributed by atoms with Gasteiger partial charge >= 0.3 is 0 Å². The highest BCUT2D eigenvalue weighted by Crippen LogP contribution is 2.32. The number of likely N-dealkylation sites (N-methyl/N-ethyl adjacent to an activating group) is 1. The molecule has 0 spiro atoms. The third kappa shape index (κ3) is 3.98. The first-order chi connectivity index (χ1) is 10.0. The Kier molecular flexibility index (Phi) is 5.65. The second-order valence-corrected chi connectivity index (χ2v) is 6.42. The van der Waals surface area contributed by atoms with Crippen molar-refractivity contribution in [2.24, 2.45) is 0 Å². The molecular weight excluding hydrogens is 284 g/mol. The molecule has 0 aliphatic carbocycles. The SMILES string of the molecule is CCCCN(C)CC(Cl)c1ccc2c(c1)CCN2C(C)=O. The molecule has 1 unspecified atom stereocenters. The number of carbonyl (C=O) groups excluding carboxylic acids is 1. The van der Waals surface area contributed by atoms with Crippen LogP contribution in [-0.2, 0) is 11.2 Å². The summed E-state index contributed by atoms with van der Waals surface area (Å²) in [6.45, 7) is 6.56. The Hall–Kier alpha value is -1.06. The summed E-state index contributed by atoms with van der Waals surface area (Å²) in [4.78, 5) is 15.7. The van der Waals surface area contributed by atoms with Gasteiger partial charge in [0.1, 0.15) is 0 Å². The molecule has 0 bridgehead atoms. The van der Waals surface area contributed by atoms with Crippen LogP contribution in [0, 0.1) is 0 Å². The summed E-state index contributed by atoms with van der Waals surface area (Å²) in [5, 5.41) is 0.00327. The minimum atomic E-state index is 0.00327. The molecule has 0 N–H and O–H groups in total. The lowest BCUT2D eigenvalue weighted by atomic mass is 10.1. The minimum Gasteiger partial charge on any atom is -0.312 e. The van der Waals surface area contributed by atoms with Crippen LogP contribution >= 0.6 is 11.6 Å². The predicted molar refractivity (Wildman–Crippen MR) is 89.2 cm³/mol. The van der Waals surface area contributed by atoms with Crippen molar-refractivity contribution in [3.05, 3.63) is 29.3 Å². The number of halogens is 1. The zero-order valence-corrected chi connectivity index (χ0v) is 14.0. The molecule has 1 aliphatic heterocycles. The van der Waals surface area contributed by atoms with Crippen molar-refractivity contribution in [2.75, 3.05) is 31.6 Å². The van der Waals surface area contributed by atoms with Crippen LogP contribution in [0.4, 0.5) is 5.69 Å². The minimum absolute atomic E-state index is 0.00327. The predicted octanol–water partition coefficient (Wildman–Crippen LogP) is 3.61. The van der Waals surface area contributed by atoms with Crippen LogP contribution in [0.3, 0.4) is 0 Å². The van der Waals surface area contributed by atoms with Crippen molar-refractivity contribution in [2.45, 2.75) is 38.5 Å². The van der Waals surface area contributed by atoms with E-state index in [9.17, 15) is 4.79 Å². The Bertz CT molecular complexity index is 504. The number of fused-ring (bicyclic) bond motifs is 1. The normalized spacial score (nSPS) is 15.4. The summed E-state index contributed by atoms with van der Waals surface area (Å²) >= 11 is 6.56. The van der Waals surface area contributed by atoms with Crippen molar-refractivity contribution in [1.82, 2.24) is 4.90 Å². The Morgan fingerprint density at radius 3 is 2.90 bits per heavy atom. The number of hydrogen-bond acceptors (Lipinski definition) is 2. The number of carbonyl (C=O) groups is 1. The highest BCUT2D eigenvalue weighted by molar-refractivity contribution is 6.21. The molecule has 0 radical (unpaired) electrons. The first-order valence-electron chi connectivity index (χ1n) is 7.76. The quantitative estimate of drug-likeness (QED) is 0.750. The van der Waals surface area contributed by atoms with E-state index in [1.54, 1.807) is 6.92 Å². The average Bonchev–Trinajstić information content (AvgIpc) is 2.88. The Labute approximate surface area is 132 Å². The van der Waals surface area contributed by atoms with E-state index in [0.29, 0.717) is 0 Å². The van der Waals surface area contributed by atoms with E-state index in [0.717, 1.165) is 37.3 Å². The lowest BCUT2D eigenvalue weighted by Gasteiger charge is -2.21. The summed E-state index contributed by atoms with van der Waals surface area (Å²) in [7, 11) is 2.12. The Morgan fingerprint density at radius 1 is 1.48 bits per heavy atom. The number of unbranched alkanes of at least 4 members (excludes halogenated alkanes) is 1. The molecule has 4 heteroatoms. The van der Waals surface area contributed by atoms with Gasteiger partial charge in [-0.2, -0.15) is 0 Å². The second kappa shape index (κ2) is 7.28. The van der Waals surface area contributed by atoms with Gasteiger partial charge < -0.3 is 9.80 Å². The highest BCUT2D eigenvalue weighted by Gasteiger charge is 2.23. The fraction of sp³-hybridized carbons (Fsp3) is 0.588. The van der Waals surface area contributed by atoms with Gasteiger partial charge in [0.15, 0.2) is 0 Å². The largest absolute Gasteiger partial charge is 0.312 e. The van der Waals surface area contributed by atoms with Crippen LogP contribution in [0.25, 0.3) is 0 Å². The smallest absolute Gasteiger partial charge is 0.223 e. The summed E-state index contributed by atoms with van der Waals surface area (Å²) in [5.41, 5.74) is 3.45. The van der Waals surface area contributed by atoms with Gasteiger partial charge in [-0.25, -0.2) is 0 Å². The number of benzene rings is 1. The maximum Gasteiger partial charge on any atom is 0.223 e. The summed E-state index contributed by atoms with van der Waals surface area (Å²) < 4.78 is 0. The average molecular weight is 309 g/mol. The summed E-state index contributed by atoms with van der Waals surface area (Å²) in [5.74, 6) is 0.114. The number of anilines is 1. The van der Waals surface area contributed by atoms with Crippen molar-refractivity contribution < 1.29 is 4.79 Å². The van der Waals surface area contributed by atoms with E-state index < -0.39 is 0 Å². The van der Waals surface area contributed by atoms with Gasteiger partial charge in [-0.1, -0.05) is 25.5 Å². The Balaban J connectivity index is 2.03. The zero-order valence-electron chi connectivity index (χ0n) is 13.2. The van der Waals surface area contributed by atoms with Crippen molar-refractivity contribution in [3.8, 4) is 0 Å². The van der Waals surface area contributed by atoms with Gasteiger partial charge in [0.25, 0.3) is 0 Å². The molecule has 2 rings (SSSR count). The number of nitrogens with zero attached hydrogens (tertiary/aromatic N) is 2. The number of amides is 1. The van der Waals surface area contributed by atoms with E-state index in [1.165, 1.54) is 18.4 Å². The first-order valence-corrected chi connectivity index (χ1v) is 8.20. The molecule has 0 saturated heterocycles. The molecule has 1 amide bonds. The molecule has 0 saturated carbocycles. The van der Waals surface area contributed by atoms with Gasteiger partial charge in [0.05, 0.1) is 5.38 Å². The van der Waals surface area contributed by atoms with E-state index in [4.69, 9.17) is 11.6 Å². The molecule has 116 valence electrons. The fourth-order valence-electron chi connectivity index (χ4n) is 2.84. The molecule has 1 aliphatic rings. The molecule has 1 aromatic rings. The van der Waals surface area contributed by atoms with Crippen LogP contribution in [0.1, 0.15) is 43.2 Å². The van der Waals surface area contributed by atoms with Crippen LogP contribution in [0.2, 0.25) is 0 Å². The van der Waals surface area contributed by atoms with E-state index in [-0.39, 0.29) is 11.3 Å². The van der Waals surface area contributed by atoms with Crippen LogP contribution in [0.5, 0.6) is 0 Å². The first kappa shape index (κ1) is 16.3. The standard InChI is InChI=1S/C17H25ClN2O/c1-4-5-9-19(3)12-16(18)14-6-7-17-15(11-14)8-10-20(17)13(2)21/h6-7,11,16H,4-5,8-10,12H2,1-3H3. The second-order valence-electron chi connectivity index (χ2n) is 5.89. The van der Waals surface area contributed by atoms with E-state index in [1.807, 2.05) is 11.0 Å². The number of alkyl halides is 1. The monoisotopic (exact) mass is 308 g/mol. The molecular formula is C17H25ClN2O. The molecule has 0 aromatic heterocycles. The topological polar surface area (TPSA) is 23.6 Å². The van der Waals surface area contributed by atoms with Gasteiger partial charge in [0.2, 0.25) is 5.91 Å². The highest BCUT2D eigenvalue weighted by atomic mass is 35.5. The fourth-order valence-corrected chi connectivity index (χ4v) is 3.21. The molecule has 0 fully saturated rings. The maximum absolute atomic E-state index is 11.6. The van der Waals surface area contributed by atoms with Gasteiger partial charge in [-0.15, -0.1) is 11.6 Å². The van der Waals surface area contributed by atoms with Gasteiger partial charge in [0, 0.05) is 25.7 Å². The van der Waals surface area contributed by atoms with Gasteiger partial charge in [-0.05, 0) is 43.6 Å². The zero-order chi connectivity index (χ0) is 15.4. The number of hydrogen-bond donors (Lipinski definition) is 0. The van der Waals surface area contributed by atoms with Crippen molar-refractivity contribution in [1.29, 1.82) is 0 Å². The molecule has 1 heterocycles. The molecule has 1 atom stereocenters. The molecule has 3 nitrogen and oxygen atoms in total. The van der Waals surface area contributed by atoms with Crippen LogP contribution in [-0.4, -0.2) is 37.5 Å². The third-order valence-corrected chi connectivity index (χ3v) is 4.50. The maximum atomic E-state index is 11.6. The summed E-state index contributed by atoms with van der Waals surface area (Å²) in [6.07, 6.45) is 3.34. The lowest BCUT2D eigenvalue weighted by Crippen LogP contribution is -2.25. The van der Waals surface area contributed by atoms with Crippen molar-refractivity contribution in [3.63, 3.8) is 0 Å².